The zero-order valence-corrected chi connectivity index (χ0v) is 19.9. The number of nitrogens with zero attached hydrogens (tertiary/aromatic N) is 2. The molecule has 32 heavy (non-hydrogen) atoms. The number of amides is 2. The van der Waals surface area contributed by atoms with Crippen molar-refractivity contribution in [1.82, 2.24) is 9.80 Å². The maximum absolute atomic E-state index is 12.7. The topological polar surface area (TPSA) is 61.9 Å². The molecule has 6 heteroatoms. The minimum atomic E-state index is -0.0255. The Hall–Kier alpha value is -2.86. The second-order valence-electron chi connectivity index (χ2n) is 8.94. The van der Waals surface area contributed by atoms with Crippen molar-refractivity contribution in [3.05, 3.63) is 58.7 Å². The molecule has 1 saturated heterocycles. The highest BCUT2D eigenvalue weighted by Crippen LogP contribution is 2.27. The number of hydrogen-bond acceptors (Lipinski definition) is 4. The summed E-state index contributed by atoms with van der Waals surface area (Å²) >= 11 is 0. The number of rotatable bonds is 7. The normalized spacial score (nSPS) is 14.5. The number of anilines is 1. The third kappa shape index (κ3) is 6.10. The van der Waals surface area contributed by atoms with E-state index in [9.17, 15) is 9.59 Å². The second-order valence-corrected chi connectivity index (χ2v) is 8.94. The van der Waals surface area contributed by atoms with Gasteiger partial charge in [0.15, 0.2) is 6.61 Å². The van der Waals surface area contributed by atoms with Gasteiger partial charge in [0.2, 0.25) is 5.91 Å². The molecule has 0 atom stereocenters. The van der Waals surface area contributed by atoms with E-state index in [4.69, 9.17) is 4.74 Å². The number of piperazine rings is 1. The monoisotopic (exact) mass is 437 g/mol. The first kappa shape index (κ1) is 23.8. The molecule has 0 bridgehead atoms. The van der Waals surface area contributed by atoms with Crippen LogP contribution in [0.3, 0.4) is 0 Å². The first-order chi connectivity index (χ1) is 15.2. The van der Waals surface area contributed by atoms with Crippen LogP contribution in [-0.4, -0.2) is 60.9 Å². The van der Waals surface area contributed by atoms with Crippen molar-refractivity contribution in [2.24, 2.45) is 0 Å². The fraction of sp³-hybridized carbons (Fsp3) is 0.462. The van der Waals surface area contributed by atoms with Crippen molar-refractivity contribution in [3.8, 4) is 5.75 Å². The van der Waals surface area contributed by atoms with Crippen LogP contribution in [0.5, 0.6) is 5.75 Å². The Morgan fingerprint density at radius 3 is 2.44 bits per heavy atom. The second kappa shape index (κ2) is 10.6. The van der Waals surface area contributed by atoms with Crippen molar-refractivity contribution < 1.29 is 14.3 Å². The summed E-state index contributed by atoms with van der Waals surface area (Å²) in [5.41, 5.74) is 5.33. The minimum Gasteiger partial charge on any atom is -0.483 e. The molecule has 1 aliphatic rings. The summed E-state index contributed by atoms with van der Waals surface area (Å²) in [6.07, 6.45) is 0. The molecule has 1 aliphatic heterocycles. The maximum atomic E-state index is 12.7. The molecule has 0 saturated carbocycles. The molecule has 172 valence electrons. The number of benzene rings is 2. The summed E-state index contributed by atoms with van der Waals surface area (Å²) in [5, 5.41) is 3.01. The van der Waals surface area contributed by atoms with Gasteiger partial charge in [0.1, 0.15) is 5.75 Å². The SMILES string of the molecule is Cc1ccc(C(C)C)c(OCC(=O)N2CCN(CC(=O)Nc3cccc(C)c3C)CC2)c1. The Balaban J connectivity index is 1.46. The first-order valence-corrected chi connectivity index (χ1v) is 11.3. The predicted octanol–water partition coefficient (Wildman–Crippen LogP) is 3.90. The van der Waals surface area contributed by atoms with E-state index in [1.165, 1.54) is 0 Å². The zero-order chi connectivity index (χ0) is 23.3. The van der Waals surface area contributed by atoms with Crippen molar-refractivity contribution in [3.63, 3.8) is 0 Å². The third-order valence-electron chi connectivity index (χ3n) is 6.11. The molecule has 0 unspecified atom stereocenters. The van der Waals surface area contributed by atoms with Crippen molar-refractivity contribution in [2.75, 3.05) is 44.6 Å². The standard InChI is InChI=1S/C26H35N3O3/c1-18(2)22-10-9-19(3)15-24(22)32-17-26(31)29-13-11-28(12-14-29)16-25(30)27-23-8-6-7-20(4)21(23)5/h6-10,15,18H,11-14,16-17H2,1-5H3,(H,27,30). The summed E-state index contributed by atoms with van der Waals surface area (Å²) < 4.78 is 5.90. The van der Waals surface area contributed by atoms with Crippen LogP contribution in [0.4, 0.5) is 5.69 Å². The Morgan fingerprint density at radius 1 is 1.03 bits per heavy atom. The van der Waals surface area contributed by atoms with Crippen LogP contribution in [0, 0.1) is 20.8 Å². The number of carbonyl (C=O) groups is 2. The maximum Gasteiger partial charge on any atom is 0.260 e. The van der Waals surface area contributed by atoms with E-state index in [2.05, 4.69) is 36.2 Å². The van der Waals surface area contributed by atoms with Gasteiger partial charge >= 0.3 is 0 Å². The van der Waals surface area contributed by atoms with E-state index in [1.54, 1.807) is 0 Å². The van der Waals surface area contributed by atoms with Crippen LogP contribution in [0.2, 0.25) is 0 Å². The summed E-state index contributed by atoms with van der Waals surface area (Å²) in [6, 6.07) is 12.0. The Kier molecular flexibility index (Phi) is 7.91. The van der Waals surface area contributed by atoms with Crippen LogP contribution >= 0.6 is 0 Å². The Bertz CT molecular complexity index is 963. The molecule has 1 heterocycles. The minimum absolute atomic E-state index is 0.0132. The molecular weight excluding hydrogens is 402 g/mol. The number of hydrogen-bond donors (Lipinski definition) is 1. The Morgan fingerprint density at radius 2 is 1.75 bits per heavy atom. The summed E-state index contributed by atoms with van der Waals surface area (Å²) in [5.74, 6) is 1.08. The van der Waals surface area contributed by atoms with Gasteiger partial charge in [-0.3, -0.25) is 14.5 Å². The van der Waals surface area contributed by atoms with Crippen LogP contribution < -0.4 is 10.1 Å². The molecule has 2 aromatic rings. The summed E-state index contributed by atoms with van der Waals surface area (Å²) in [7, 11) is 0. The van der Waals surface area contributed by atoms with E-state index in [0.29, 0.717) is 38.6 Å². The smallest absolute Gasteiger partial charge is 0.260 e. The van der Waals surface area contributed by atoms with Gasteiger partial charge in [-0.2, -0.15) is 0 Å². The molecule has 2 aromatic carbocycles. The van der Waals surface area contributed by atoms with Crippen LogP contribution in [0.1, 0.15) is 42.0 Å². The van der Waals surface area contributed by atoms with Gasteiger partial charge in [0, 0.05) is 31.9 Å². The zero-order valence-electron chi connectivity index (χ0n) is 19.9. The van der Waals surface area contributed by atoms with Gasteiger partial charge in [-0.15, -0.1) is 0 Å². The van der Waals surface area contributed by atoms with E-state index in [1.807, 2.05) is 49.9 Å². The summed E-state index contributed by atoms with van der Waals surface area (Å²) in [6.45, 7) is 13.2. The highest BCUT2D eigenvalue weighted by molar-refractivity contribution is 5.93. The lowest BCUT2D eigenvalue weighted by atomic mass is 10.0. The average Bonchev–Trinajstić information content (AvgIpc) is 2.75. The lowest BCUT2D eigenvalue weighted by Gasteiger charge is -2.34. The molecule has 2 amide bonds. The lowest BCUT2D eigenvalue weighted by molar-refractivity contribution is -0.135. The Labute approximate surface area is 191 Å². The van der Waals surface area contributed by atoms with E-state index in [0.717, 1.165) is 33.7 Å². The summed E-state index contributed by atoms with van der Waals surface area (Å²) in [4.78, 5) is 29.1. The lowest BCUT2D eigenvalue weighted by Crippen LogP contribution is -2.51. The van der Waals surface area contributed by atoms with Gasteiger partial charge in [-0.25, -0.2) is 0 Å². The molecule has 0 radical (unpaired) electrons. The third-order valence-corrected chi connectivity index (χ3v) is 6.11. The highest BCUT2D eigenvalue weighted by atomic mass is 16.5. The molecular formula is C26H35N3O3. The number of aryl methyl sites for hydroxylation is 2. The van der Waals surface area contributed by atoms with E-state index >= 15 is 0 Å². The van der Waals surface area contributed by atoms with Crippen LogP contribution in [-0.2, 0) is 9.59 Å². The van der Waals surface area contributed by atoms with E-state index < -0.39 is 0 Å². The van der Waals surface area contributed by atoms with Crippen LogP contribution in [0.15, 0.2) is 36.4 Å². The van der Waals surface area contributed by atoms with Gasteiger partial charge in [0.25, 0.3) is 5.91 Å². The fourth-order valence-electron chi connectivity index (χ4n) is 3.91. The van der Waals surface area contributed by atoms with E-state index in [-0.39, 0.29) is 18.4 Å². The van der Waals surface area contributed by atoms with Gasteiger partial charge in [-0.05, 0) is 61.1 Å². The van der Waals surface area contributed by atoms with Crippen LogP contribution in [0.25, 0.3) is 0 Å². The average molecular weight is 438 g/mol. The highest BCUT2D eigenvalue weighted by Gasteiger charge is 2.23. The molecule has 6 nitrogen and oxygen atoms in total. The molecule has 3 rings (SSSR count). The van der Waals surface area contributed by atoms with Crippen molar-refractivity contribution in [2.45, 2.75) is 40.5 Å². The quantitative estimate of drug-likeness (QED) is 0.714. The number of ether oxygens (including phenoxy) is 1. The molecule has 1 N–H and O–H groups in total. The van der Waals surface area contributed by atoms with Gasteiger partial charge in [-0.1, -0.05) is 38.1 Å². The van der Waals surface area contributed by atoms with Crippen molar-refractivity contribution >= 4 is 17.5 Å². The fourth-order valence-corrected chi connectivity index (χ4v) is 3.91. The van der Waals surface area contributed by atoms with Crippen molar-refractivity contribution in [1.29, 1.82) is 0 Å². The van der Waals surface area contributed by atoms with Gasteiger partial charge < -0.3 is 15.0 Å². The first-order valence-electron chi connectivity index (χ1n) is 11.3. The largest absolute Gasteiger partial charge is 0.483 e. The molecule has 0 spiro atoms. The number of nitrogens with one attached hydrogen (secondary N) is 1. The molecule has 1 fully saturated rings. The predicted molar refractivity (Wildman–Crippen MR) is 128 cm³/mol. The molecule has 0 aliphatic carbocycles. The molecule has 0 aromatic heterocycles. The van der Waals surface area contributed by atoms with Gasteiger partial charge in [0.05, 0.1) is 6.54 Å². The number of carbonyl (C=O) groups excluding carboxylic acids is 2.